The fourth-order valence-electron chi connectivity index (χ4n) is 3.24. The lowest BCUT2D eigenvalue weighted by molar-refractivity contribution is -0.126. The molecule has 2 aromatic rings. The molecule has 0 bridgehead atoms. The number of amides is 3. The minimum absolute atomic E-state index is 0.0540. The number of halogens is 1. The van der Waals surface area contributed by atoms with Crippen LogP contribution in [-0.2, 0) is 14.4 Å². The maximum atomic E-state index is 13.1. The number of carbonyl (C=O) groups is 4. The van der Waals surface area contributed by atoms with E-state index < -0.39 is 11.7 Å². The van der Waals surface area contributed by atoms with Crippen molar-refractivity contribution >= 4 is 34.9 Å². The Morgan fingerprint density at radius 1 is 1.13 bits per heavy atom. The fourth-order valence-corrected chi connectivity index (χ4v) is 3.24. The molecule has 3 amide bonds. The van der Waals surface area contributed by atoms with Crippen LogP contribution in [0.15, 0.2) is 48.5 Å². The predicted molar refractivity (Wildman–Crippen MR) is 110 cm³/mol. The lowest BCUT2D eigenvalue weighted by Crippen LogP contribution is -2.34. The molecule has 7 nitrogen and oxygen atoms in total. The number of ketones is 1. The van der Waals surface area contributed by atoms with Crippen molar-refractivity contribution in [1.29, 1.82) is 0 Å². The Morgan fingerprint density at radius 3 is 2.57 bits per heavy atom. The number of nitrogens with one attached hydrogen (secondary N) is 2. The highest BCUT2D eigenvalue weighted by Crippen LogP contribution is 2.25. The van der Waals surface area contributed by atoms with Crippen LogP contribution in [0.2, 0.25) is 0 Å². The summed E-state index contributed by atoms with van der Waals surface area (Å²) in [5.41, 5.74) is 1.55. The number of Topliss-reactive ketones (excluding diaryl/α,β-unsaturated/α-hetero) is 1. The van der Waals surface area contributed by atoms with Crippen molar-refractivity contribution in [3.05, 3.63) is 59.9 Å². The number of hydrogen-bond acceptors (Lipinski definition) is 4. The topological polar surface area (TPSA) is 95.6 Å². The monoisotopic (exact) mass is 411 g/mol. The van der Waals surface area contributed by atoms with E-state index in [9.17, 15) is 23.6 Å². The third kappa shape index (κ3) is 5.28. The highest BCUT2D eigenvalue weighted by atomic mass is 19.1. The number of anilines is 2. The van der Waals surface area contributed by atoms with Gasteiger partial charge in [0.25, 0.3) is 0 Å². The first kappa shape index (κ1) is 21.2. The Hall–Kier alpha value is -3.55. The standard InChI is InChI=1S/C22H22FN3O4/c1-14(27)15-3-2-4-18(11-15)25-20(28)9-10-24-22(30)16-12-21(29)26(13-16)19-7-5-17(23)6-8-19/h2-8,11,16H,9-10,12-13H2,1H3,(H,24,30)(H,25,28)/t16-/m1/s1. The summed E-state index contributed by atoms with van der Waals surface area (Å²) in [5, 5.41) is 5.36. The van der Waals surface area contributed by atoms with Crippen LogP contribution in [0.5, 0.6) is 0 Å². The second-order valence-corrected chi connectivity index (χ2v) is 7.11. The van der Waals surface area contributed by atoms with Crippen molar-refractivity contribution in [2.75, 3.05) is 23.3 Å². The smallest absolute Gasteiger partial charge is 0.227 e. The van der Waals surface area contributed by atoms with E-state index in [0.29, 0.717) is 16.9 Å². The summed E-state index contributed by atoms with van der Waals surface area (Å²) in [4.78, 5) is 49.5. The van der Waals surface area contributed by atoms with Crippen molar-refractivity contribution in [1.82, 2.24) is 5.32 Å². The molecule has 0 spiro atoms. The van der Waals surface area contributed by atoms with Crippen LogP contribution in [0.3, 0.4) is 0 Å². The van der Waals surface area contributed by atoms with E-state index in [-0.39, 0.29) is 49.4 Å². The van der Waals surface area contributed by atoms with Crippen LogP contribution >= 0.6 is 0 Å². The molecule has 1 heterocycles. The number of rotatable bonds is 7. The molecule has 1 aliphatic rings. The van der Waals surface area contributed by atoms with Crippen LogP contribution in [0.1, 0.15) is 30.1 Å². The molecular weight excluding hydrogens is 389 g/mol. The van der Waals surface area contributed by atoms with Crippen molar-refractivity contribution < 1.29 is 23.6 Å². The second-order valence-electron chi connectivity index (χ2n) is 7.11. The molecule has 30 heavy (non-hydrogen) atoms. The molecule has 1 saturated heterocycles. The minimum Gasteiger partial charge on any atom is -0.355 e. The molecule has 1 fully saturated rings. The van der Waals surface area contributed by atoms with Gasteiger partial charge in [-0.05, 0) is 43.3 Å². The Morgan fingerprint density at radius 2 is 1.87 bits per heavy atom. The zero-order chi connectivity index (χ0) is 21.7. The second kappa shape index (κ2) is 9.30. The molecule has 0 radical (unpaired) electrons. The molecule has 2 aromatic carbocycles. The quantitative estimate of drug-likeness (QED) is 0.685. The molecule has 2 N–H and O–H groups in total. The van der Waals surface area contributed by atoms with Gasteiger partial charge in [0.1, 0.15) is 5.82 Å². The highest BCUT2D eigenvalue weighted by molar-refractivity contribution is 6.00. The van der Waals surface area contributed by atoms with Gasteiger partial charge in [0.05, 0.1) is 5.92 Å². The maximum Gasteiger partial charge on any atom is 0.227 e. The van der Waals surface area contributed by atoms with Crippen LogP contribution in [0.4, 0.5) is 15.8 Å². The third-order valence-corrected chi connectivity index (χ3v) is 4.84. The minimum atomic E-state index is -0.530. The average molecular weight is 411 g/mol. The van der Waals surface area contributed by atoms with Crippen molar-refractivity contribution in [3.63, 3.8) is 0 Å². The summed E-state index contributed by atoms with van der Waals surface area (Å²) >= 11 is 0. The lowest BCUT2D eigenvalue weighted by atomic mass is 10.1. The summed E-state index contributed by atoms with van der Waals surface area (Å²) in [6.45, 7) is 1.78. The molecular formula is C22H22FN3O4. The van der Waals surface area contributed by atoms with Gasteiger partial charge in [-0.15, -0.1) is 0 Å². The summed E-state index contributed by atoms with van der Waals surface area (Å²) in [6, 6.07) is 12.1. The first-order chi connectivity index (χ1) is 14.3. The molecule has 0 aliphatic carbocycles. The molecule has 0 saturated carbocycles. The SMILES string of the molecule is CC(=O)c1cccc(NC(=O)CCNC(=O)[C@@H]2CC(=O)N(c3ccc(F)cc3)C2)c1. The third-order valence-electron chi connectivity index (χ3n) is 4.84. The number of nitrogens with zero attached hydrogens (tertiary/aromatic N) is 1. The molecule has 1 atom stereocenters. The van der Waals surface area contributed by atoms with E-state index in [2.05, 4.69) is 10.6 Å². The Bertz CT molecular complexity index is 975. The van der Waals surface area contributed by atoms with Crippen LogP contribution in [0.25, 0.3) is 0 Å². The normalized spacial score (nSPS) is 15.7. The summed E-state index contributed by atoms with van der Waals surface area (Å²) in [5.74, 6) is -1.83. The Labute approximate surface area is 173 Å². The van der Waals surface area contributed by atoms with Gasteiger partial charge in [0.2, 0.25) is 17.7 Å². The average Bonchev–Trinajstić information content (AvgIpc) is 3.10. The summed E-state index contributed by atoms with van der Waals surface area (Å²) in [7, 11) is 0. The van der Waals surface area contributed by atoms with Crippen molar-refractivity contribution in [2.45, 2.75) is 19.8 Å². The van der Waals surface area contributed by atoms with Gasteiger partial charge in [-0.2, -0.15) is 0 Å². The van der Waals surface area contributed by atoms with Crippen LogP contribution in [-0.4, -0.2) is 36.6 Å². The van der Waals surface area contributed by atoms with E-state index in [1.807, 2.05) is 0 Å². The largest absolute Gasteiger partial charge is 0.355 e. The van der Waals surface area contributed by atoms with Gasteiger partial charge in [0.15, 0.2) is 5.78 Å². The van der Waals surface area contributed by atoms with Gasteiger partial charge in [0, 0.05) is 42.9 Å². The van der Waals surface area contributed by atoms with Gasteiger partial charge < -0.3 is 15.5 Å². The summed E-state index contributed by atoms with van der Waals surface area (Å²) in [6.07, 6.45) is 0.117. The van der Waals surface area contributed by atoms with E-state index in [4.69, 9.17) is 0 Å². The van der Waals surface area contributed by atoms with Crippen LogP contribution in [0, 0.1) is 11.7 Å². The van der Waals surface area contributed by atoms with E-state index in [0.717, 1.165) is 0 Å². The molecule has 156 valence electrons. The first-order valence-electron chi connectivity index (χ1n) is 9.58. The molecule has 8 heteroatoms. The van der Waals surface area contributed by atoms with Gasteiger partial charge in [-0.1, -0.05) is 12.1 Å². The van der Waals surface area contributed by atoms with Crippen molar-refractivity contribution in [3.8, 4) is 0 Å². The molecule has 1 aliphatic heterocycles. The Kier molecular flexibility index (Phi) is 6.56. The van der Waals surface area contributed by atoms with E-state index in [1.165, 1.54) is 36.1 Å². The first-order valence-corrected chi connectivity index (χ1v) is 9.58. The Balaban J connectivity index is 1.46. The fraction of sp³-hybridized carbons (Fsp3) is 0.273. The number of hydrogen-bond donors (Lipinski definition) is 2. The van der Waals surface area contributed by atoms with Crippen LogP contribution < -0.4 is 15.5 Å². The zero-order valence-electron chi connectivity index (χ0n) is 16.5. The molecule has 0 aromatic heterocycles. The maximum absolute atomic E-state index is 13.1. The van der Waals surface area contributed by atoms with Gasteiger partial charge in [-0.3, -0.25) is 19.2 Å². The van der Waals surface area contributed by atoms with Gasteiger partial charge >= 0.3 is 0 Å². The van der Waals surface area contributed by atoms with E-state index in [1.54, 1.807) is 24.3 Å². The van der Waals surface area contributed by atoms with E-state index >= 15 is 0 Å². The lowest BCUT2D eigenvalue weighted by Gasteiger charge is -2.16. The summed E-state index contributed by atoms with van der Waals surface area (Å²) < 4.78 is 13.1. The van der Waals surface area contributed by atoms with Crippen molar-refractivity contribution in [2.24, 2.45) is 5.92 Å². The number of benzene rings is 2. The zero-order valence-corrected chi connectivity index (χ0v) is 16.5. The predicted octanol–water partition coefficient (Wildman–Crippen LogP) is 2.53. The molecule has 3 rings (SSSR count). The van der Waals surface area contributed by atoms with Gasteiger partial charge in [-0.25, -0.2) is 4.39 Å². The highest BCUT2D eigenvalue weighted by Gasteiger charge is 2.35. The number of carbonyl (C=O) groups excluding carboxylic acids is 4. The molecule has 0 unspecified atom stereocenters.